The predicted octanol–water partition coefficient (Wildman–Crippen LogP) is 1.07. The highest BCUT2D eigenvalue weighted by Gasteiger charge is 2.46. The molecule has 1 aliphatic heterocycles. The third-order valence-electron chi connectivity index (χ3n) is 4.51. The van der Waals surface area contributed by atoms with E-state index >= 15 is 0 Å². The number of amides is 1. The van der Waals surface area contributed by atoms with Crippen molar-refractivity contribution in [1.29, 1.82) is 0 Å². The molecule has 0 unspecified atom stereocenters. The zero-order valence-corrected chi connectivity index (χ0v) is 11.0. The van der Waals surface area contributed by atoms with E-state index in [1.165, 1.54) is 12.8 Å². The summed E-state index contributed by atoms with van der Waals surface area (Å²) in [6.45, 7) is 5.41. The quantitative estimate of drug-likeness (QED) is 0.880. The maximum absolute atomic E-state index is 11.7. The van der Waals surface area contributed by atoms with Crippen LogP contribution in [0, 0.1) is 11.8 Å². The van der Waals surface area contributed by atoms with Crippen LogP contribution in [-0.2, 0) is 11.3 Å². The average molecular weight is 260 g/mol. The lowest BCUT2D eigenvalue weighted by Gasteiger charge is -2.24. The minimum absolute atomic E-state index is 0.0976. The molecule has 0 radical (unpaired) electrons. The van der Waals surface area contributed by atoms with Gasteiger partial charge in [0.2, 0.25) is 5.91 Å². The van der Waals surface area contributed by atoms with Crippen LogP contribution in [0.3, 0.4) is 0 Å². The Morgan fingerprint density at radius 3 is 3.11 bits per heavy atom. The fourth-order valence-corrected chi connectivity index (χ4v) is 3.74. The van der Waals surface area contributed by atoms with Crippen LogP contribution in [0.5, 0.6) is 0 Å². The molecule has 3 rings (SSSR count). The van der Waals surface area contributed by atoms with Gasteiger partial charge in [-0.3, -0.25) is 9.69 Å². The van der Waals surface area contributed by atoms with Gasteiger partial charge in [0.25, 0.3) is 0 Å². The molecule has 5 heteroatoms. The number of aromatic nitrogens is 2. The molecule has 0 bridgehead atoms. The number of primary amides is 1. The summed E-state index contributed by atoms with van der Waals surface area (Å²) in [7, 11) is 0. The summed E-state index contributed by atoms with van der Waals surface area (Å²) < 4.78 is 1.69. The molecule has 2 heterocycles. The Balaban J connectivity index is 1.76. The number of nitrogens with zero attached hydrogens (tertiary/aromatic N) is 3. The first-order valence-electron chi connectivity index (χ1n) is 6.88. The average Bonchev–Trinajstić information content (AvgIpc) is 3.03. The van der Waals surface area contributed by atoms with E-state index in [2.05, 4.69) is 16.6 Å². The summed E-state index contributed by atoms with van der Waals surface area (Å²) >= 11 is 0. The van der Waals surface area contributed by atoms with Crippen LogP contribution in [0.1, 0.15) is 24.8 Å². The molecule has 1 aromatic rings. The van der Waals surface area contributed by atoms with Gasteiger partial charge >= 0.3 is 0 Å². The SMILES string of the molecule is C=Cn1cc(CN2C[C@@H]3CCC[C@@H]3[C@H]2C(N)=O)cn1. The van der Waals surface area contributed by atoms with Crippen molar-refractivity contribution in [3.8, 4) is 0 Å². The zero-order valence-electron chi connectivity index (χ0n) is 11.0. The Bertz CT molecular complexity index is 495. The Hall–Kier alpha value is -1.62. The van der Waals surface area contributed by atoms with Gasteiger partial charge in [0.1, 0.15) is 0 Å². The normalized spacial score (nSPS) is 30.4. The molecule has 0 spiro atoms. The molecular weight excluding hydrogens is 240 g/mol. The molecule has 2 aliphatic rings. The first-order valence-corrected chi connectivity index (χ1v) is 6.88. The Morgan fingerprint density at radius 1 is 1.58 bits per heavy atom. The fraction of sp³-hybridized carbons (Fsp3) is 0.571. The van der Waals surface area contributed by atoms with Gasteiger partial charge in [0.15, 0.2) is 0 Å². The molecule has 2 fully saturated rings. The molecule has 1 aromatic heterocycles. The Kier molecular flexibility index (Phi) is 3.14. The van der Waals surface area contributed by atoms with Crippen LogP contribution in [0.2, 0.25) is 0 Å². The van der Waals surface area contributed by atoms with Gasteiger partial charge in [-0.05, 0) is 24.7 Å². The van der Waals surface area contributed by atoms with Crippen molar-refractivity contribution < 1.29 is 4.79 Å². The smallest absolute Gasteiger partial charge is 0.235 e. The maximum Gasteiger partial charge on any atom is 0.235 e. The number of fused-ring (bicyclic) bond motifs is 1. The predicted molar refractivity (Wildman–Crippen MR) is 72.8 cm³/mol. The third-order valence-corrected chi connectivity index (χ3v) is 4.51. The number of likely N-dealkylation sites (tertiary alicyclic amines) is 1. The number of carbonyl (C=O) groups is 1. The van der Waals surface area contributed by atoms with Gasteiger partial charge in [-0.25, -0.2) is 4.68 Å². The van der Waals surface area contributed by atoms with Gasteiger partial charge in [0.05, 0.1) is 12.2 Å². The molecule has 2 N–H and O–H groups in total. The molecule has 1 saturated carbocycles. The zero-order chi connectivity index (χ0) is 13.4. The summed E-state index contributed by atoms with van der Waals surface area (Å²) in [6.07, 6.45) is 9.04. The van der Waals surface area contributed by atoms with Gasteiger partial charge in [0, 0.05) is 31.0 Å². The number of nitrogens with two attached hydrogens (primary N) is 1. The van der Waals surface area contributed by atoms with E-state index < -0.39 is 0 Å². The first-order chi connectivity index (χ1) is 9.19. The van der Waals surface area contributed by atoms with Crippen molar-refractivity contribution in [2.75, 3.05) is 6.54 Å². The first kappa shape index (κ1) is 12.4. The van der Waals surface area contributed by atoms with E-state index in [0.29, 0.717) is 11.8 Å². The van der Waals surface area contributed by atoms with Crippen molar-refractivity contribution in [3.05, 3.63) is 24.5 Å². The van der Waals surface area contributed by atoms with E-state index in [1.807, 2.05) is 12.4 Å². The highest BCUT2D eigenvalue weighted by atomic mass is 16.1. The summed E-state index contributed by atoms with van der Waals surface area (Å²) in [5, 5.41) is 4.17. The lowest BCUT2D eigenvalue weighted by molar-refractivity contribution is -0.123. The molecule has 1 amide bonds. The lowest BCUT2D eigenvalue weighted by atomic mass is 9.94. The summed E-state index contributed by atoms with van der Waals surface area (Å²) in [5.74, 6) is 0.935. The lowest BCUT2D eigenvalue weighted by Crippen LogP contribution is -2.43. The van der Waals surface area contributed by atoms with Crippen LogP contribution in [-0.4, -0.2) is 33.2 Å². The molecular formula is C14H20N4O. The van der Waals surface area contributed by atoms with Crippen molar-refractivity contribution in [1.82, 2.24) is 14.7 Å². The van der Waals surface area contributed by atoms with Crippen molar-refractivity contribution in [3.63, 3.8) is 0 Å². The third kappa shape index (κ3) is 2.18. The van der Waals surface area contributed by atoms with Crippen LogP contribution in [0.4, 0.5) is 0 Å². The van der Waals surface area contributed by atoms with Gasteiger partial charge in [-0.2, -0.15) is 5.10 Å². The van der Waals surface area contributed by atoms with E-state index in [0.717, 1.165) is 25.1 Å². The van der Waals surface area contributed by atoms with E-state index in [-0.39, 0.29) is 11.9 Å². The number of rotatable bonds is 4. The number of carbonyl (C=O) groups excluding carboxylic acids is 1. The highest BCUT2D eigenvalue weighted by molar-refractivity contribution is 5.80. The monoisotopic (exact) mass is 260 g/mol. The second kappa shape index (κ2) is 4.81. The fourth-order valence-electron chi connectivity index (χ4n) is 3.74. The maximum atomic E-state index is 11.7. The van der Waals surface area contributed by atoms with Crippen LogP contribution >= 0.6 is 0 Å². The number of hydrogen-bond donors (Lipinski definition) is 1. The number of hydrogen-bond acceptors (Lipinski definition) is 3. The van der Waals surface area contributed by atoms with Gasteiger partial charge in [-0.15, -0.1) is 0 Å². The molecule has 3 atom stereocenters. The molecule has 19 heavy (non-hydrogen) atoms. The largest absolute Gasteiger partial charge is 0.368 e. The molecule has 0 aromatic carbocycles. The topological polar surface area (TPSA) is 64.2 Å². The van der Waals surface area contributed by atoms with Gasteiger partial charge < -0.3 is 5.73 Å². The minimum atomic E-state index is -0.175. The standard InChI is InChI=1S/C14H20N4O/c1-2-18-8-10(6-16-18)7-17-9-11-4-3-5-12(11)13(17)14(15)19/h2,6,8,11-13H,1,3-5,7,9H2,(H2,15,19)/t11-,12-,13-/m0/s1. The highest BCUT2D eigenvalue weighted by Crippen LogP contribution is 2.42. The summed E-state index contributed by atoms with van der Waals surface area (Å²) in [6, 6.07) is -0.0976. The van der Waals surface area contributed by atoms with Crippen molar-refractivity contribution >= 4 is 12.1 Å². The Labute approximate surface area is 113 Å². The molecule has 5 nitrogen and oxygen atoms in total. The van der Waals surface area contributed by atoms with E-state index in [4.69, 9.17) is 5.73 Å². The van der Waals surface area contributed by atoms with Crippen molar-refractivity contribution in [2.45, 2.75) is 31.8 Å². The van der Waals surface area contributed by atoms with Crippen LogP contribution in [0.25, 0.3) is 6.20 Å². The van der Waals surface area contributed by atoms with Gasteiger partial charge in [-0.1, -0.05) is 13.0 Å². The summed E-state index contributed by atoms with van der Waals surface area (Å²) in [5.41, 5.74) is 6.71. The Morgan fingerprint density at radius 2 is 2.42 bits per heavy atom. The van der Waals surface area contributed by atoms with Crippen LogP contribution in [0.15, 0.2) is 19.0 Å². The van der Waals surface area contributed by atoms with Crippen molar-refractivity contribution in [2.24, 2.45) is 17.6 Å². The molecule has 1 saturated heterocycles. The molecule has 102 valence electrons. The minimum Gasteiger partial charge on any atom is -0.368 e. The second-order valence-electron chi connectivity index (χ2n) is 5.64. The molecule has 1 aliphatic carbocycles. The van der Waals surface area contributed by atoms with E-state index in [9.17, 15) is 4.79 Å². The van der Waals surface area contributed by atoms with Crippen LogP contribution < -0.4 is 5.73 Å². The van der Waals surface area contributed by atoms with E-state index in [1.54, 1.807) is 10.9 Å². The second-order valence-corrected chi connectivity index (χ2v) is 5.64. The summed E-state index contributed by atoms with van der Waals surface area (Å²) in [4.78, 5) is 14.0.